The van der Waals surface area contributed by atoms with Crippen molar-refractivity contribution in [1.82, 2.24) is 9.80 Å². The van der Waals surface area contributed by atoms with E-state index in [0.29, 0.717) is 32.9 Å². The maximum atomic E-state index is 12.9. The number of nitrogens with zero attached hydrogens (tertiary/aromatic N) is 2. The number of halogens is 3. The Morgan fingerprint density at radius 2 is 1.90 bits per heavy atom. The molecule has 1 saturated heterocycles. The quantitative estimate of drug-likeness (QED) is 0.777. The molecule has 20 heavy (non-hydrogen) atoms. The summed E-state index contributed by atoms with van der Waals surface area (Å²) in [5.41, 5.74) is 2.27. The van der Waals surface area contributed by atoms with Gasteiger partial charge in [0.2, 0.25) is 0 Å². The Bertz CT molecular complexity index is 339. The summed E-state index contributed by atoms with van der Waals surface area (Å²) in [4.78, 5) is 15.3. The third kappa shape index (κ3) is 3.62. The van der Waals surface area contributed by atoms with Gasteiger partial charge >= 0.3 is 6.18 Å². The van der Waals surface area contributed by atoms with Crippen molar-refractivity contribution in [3.63, 3.8) is 0 Å². The Balaban J connectivity index is 2.88. The van der Waals surface area contributed by atoms with Crippen LogP contribution in [-0.4, -0.2) is 71.9 Å². The average Bonchev–Trinajstić information content (AvgIpc) is 2.35. The number of aliphatic hydroxyl groups is 1. The van der Waals surface area contributed by atoms with Crippen LogP contribution in [0.25, 0.3) is 0 Å². The predicted molar refractivity (Wildman–Crippen MR) is 68.0 cm³/mol. The van der Waals surface area contributed by atoms with Gasteiger partial charge in [-0.2, -0.15) is 13.2 Å². The van der Waals surface area contributed by atoms with E-state index < -0.39 is 17.6 Å². The van der Waals surface area contributed by atoms with E-state index in [1.165, 1.54) is 0 Å². The molecule has 1 unspecified atom stereocenters. The molecule has 0 radical (unpaired) electrons. The molecule has 0 saturated carbocycles. The van der Waals surface area contributed by atoms with Crippen LogP contribution in [0.4, 0.5) is 13.2 Å². The van der Waals surface area contributed by atoms with Crippen LogP contribution in [0.15, 0.2) is 0 Å². The van der Waals surface area contributed by atoms with Crippen molar-refractivity contribution in [3.05, 3.63) is 0 Å². The van der Waals surface area contributed by atoms with Gasteiger partial charge in [-0.15, -0.1) is 0 Å². The normalized spacial score (nSPS) is 21.6. The second kappa shape index (κ2) is 6.28. The van der Waals surface area contributed by atoms with Gasteiger partial charge in [-0.1, -0.05) is 0 Å². The van der Waals surface area contributed by atoms with Crippen LogP contribution >= 0.6 is 0 Å². The zero-order valence-corrected chi connectivity index (χ0v) is 11.8. The molecular weight excluding hydrogens is 275 g/mol. The van der Waals surface area contributed by atoms with Gasteiger partial charge < -0.3 is 20.6 Å². The first kappa shape index (κ1) is 17.2. The lowest BCUT2D eigenvalue weighted by Gasteiger charge is -2.40. The summed E-state index contributed by atoms with van der Waals surface area (Å²) in [7, 11) is 1.91. The SMILES string of the molecule is CN1CCC(N(CCO)C(=O)C(C)(N)C(F)(F)F)CC1. The van der Waals surface area contributed by atoms with Crippen LogP contribution in [0, 0.1) is 0 Å². The van der Waals surface area contributed by atoms with E-state index in [-0.39, 0.29) is 19.2 Å². The van der Waals surface area contributed by atoms with Crippen molar-refractivity contribution >= 4 is 5.91 Å². The summed E-state index contributed by atoms with van der Waals surface area (Å²) in [5.74, 6) is -1.17. The molecule has 5 nitrogen and oxygen atoms in total. The maximum Gasteiger partial charge on any atom is 0.415 e. The molecule has 1 aliphatic rings. The molecule has 0 bridgehead atoms. The Labute approximate surface area is 116 Å². The maximum absolute atomic E-state index is 12.9. The molecule has 0 aliphatic carbocycles. The number of piperidine rings is 1. The Morgan fingerprint density at radius 1 is 1.40 bits per heavy atom. The van der Waals surface area contributed by atoms with Crippen molar-refractivity contribution in [2.45, 2.75) is 37.5 Å². The van der Waals surface area contributed by atoms with Crippen molar-refractivity contribution < 1.29 is 23.1 Å². The number of hydrogen-bond acceptors (Lipinski definition) is 4. The molecule has 1 rings (SSSR count). The van der Waals surface area contributed by atoms with Gasteiger partial charge in [-0.05, 0) is 39.9 Å². The standard InChI is InChI=1S/C12H22F3N3O2/c1-11(16,12(13,14)15)10(20)18(7-8-19)9-3-5-17(2)6-4-9/h9,19H,3-8,16H2,1-2H3. The highest BCUT2D eigenvalue weighted by molar-refractivity contribution is 5.87. The highest BCUT2D eigenvalue weighted by Crippen LogP contribution is 2.31. The number of nitrogens with two attached hydrogens (primary N) is 1. The largest absolute Gasteiger partial charge is 0.415 e. The number of carbonyl (C=O) groups is 1. The molecule has 1 fully saturated rings. The molecule has 118 valence electrons. The lowest BCUT2D eigenvalue weighted by Crippen LogP contribution is -2.64. The van der Waals surface area contributed by atoms with Gasteiger partial charge in [-0.3, -0.25) is 4.79 Å². The van der Waals surface area contributed by atoms with E-state index in [0.717, 1.165) is 4.90 Å². The van der Waals surface area contributed by atoms with Crippen LogP contribution in [-0.2, 0) is 4.79 Å². The molecular formula is C12H22F3N3O2. The lowest BCUT2D eigenvalue weighted by molar-refractivity contribution is -0.195. The van der Waals surface area contributed by atoms with Crippen LogP contribution < -0.4 is 5.73 Å². The van der Waals surface area contributed by atoms with Crippen molar-refractivity contribution in [2.75, 3.05) is 33.3 Å². The fourth-order valence-corrected chi connectivity index (χ4v) is 2.28. The van der Waals surface area contributed by atoms with Gasteiger partial charge in [0.25, 0.3) is 5.91 Å². The third-order valence-electron chi connectivity index (χ3n) is 3.76. The van der Waals surface area contributed by atoms with Crippen molar-refractivity contribution in [1.29, 1.82) is 0 Å². The number of likely N-dealkylation sites (tertiary alicyclic amines) is 1. The van der Waals surface area contributed by atoms with E-state index in [9.17, 15) is 18.0 Å². The van der Waals surface area contributed by atoms with Gasteiger partial charge in [0.15, 0.2) is 5.54 Å². The van der Waals surface area contributed by atoms with Crippen molar-refractivity contribution in [2.24, 2.45) is 5.73 Å². The number of aliphatic hydroxyl groups excluding tert-OH is 1. The zero-order chi connectivity index (χ0) is 15.6. The summed E-state index contributed by atoms with van der Waals surface area (Å²) in [6, 6.07) is -0.309. The molecule has 1 heterocycles. The fourth-order valence-electron chi connectivity index (χ4n) is 2.28. The van der Waals surface area contributed by atoms with E-state index in [1.54, 1.807) is 0 Å². The number of carbonyl (C=O) groups excluding carboxylic acids is 1. The van der Waals surface area contributed by atoms with E-state index in [2.05, 4.69) is 0 Å². The molecule has 0 aromatic carbocycles. The van der Waals surface area contributed by atoms with Crippen LogP contribution in [0.2, 0.25) is 0 Å². The number of hydrogen-bond donors (Lipinski definition) is 2. The van der Waals surface area contributed by atoms with Crippen LogP contribution in [0.3, 0.4) is 0 Å². The van der Waals surface area contributed by atoms with Gasteiger partial charge in [0, 0.05) is 12.6 Å². The average molecular weight is 297 g/mol. The molecule has 0 aromatic heterocycles. The van der Waals surface area contributed by atoms with Gasteiger partial charge in [0.1, 0.15) is 0 Å². The molecule has 1 aliphatic heterocycles. The Hall–Kier alpha value is -0.860. The summed E-state index contributed by atoms with van der Waals surface area (Å²) in [6.07, 6.45) is -3.66. The van der Waals surface area contributed by atoms with Gasteiger partial charge in [-0.25, -0.2) is 0 Å². The molecule has 1 amide bonds. The fraction of sp³-hybridized carbons (Fsp3) is 0.917. The lowest BCUT2D eigenvalue weighted by atomic mass is 9.97. The predicted octanol–water partition coefficient (Wildman–Crippen LogP) is 0.181. The summed E-state index contributed by atoms with van der Waals surface area (Å²) in [5, 5.41) is 9.01. The van der Waals surface area contributed by atoms with E-state index in [4.69, 9.17) is 10.8 Å². The van der Waals surface area contributed by atoms with E-state index >= 15 is 0 Å². The molecule has 8 heteroatoms. The summed E-state index contributed by atoms with van der Waals surface area (Å²) in [6.45, 7) is 1.57. The van der Waals surface area contributed by atoms with E-state index in [1.807, 2.05) is 11.9 Å². The first-order chi connectivity index (χ1) is 9.11. The van der Waals surface area contributed by atoms with Gasteiger partial charge in [0.05, 0.1) is 6.61 Å². The topological polar surface area (TPSA) is 69.8 Å². The summed E-state index contributed by atoms with van der Waals surface area (Å²) < 4.78 is 38.6. The minimum Gasteiger partial charge on any atom is -0.395 e. The zero-order valence-electron chi connectivity index (χ0n) is 11.8. The van der Waals surface area contributed by atoms with Crippen molar-refractivity contribution in [3.8, 4) is 0 Å². The molecule has 1 atom stereocenters. The van der Waals surface area contributed by atoms with Crippen LogP contribution in [0.1, 0.15) is 19.8 Å². The Kier molecular flexibility index (Phi) is 5.39. The third-order valence-corrected chi connectivity index (χ3v) is 3.76. The summed E-state index contributed by atoms with van der Waals surface area (Å²) >= 11 is 0. The second-order valence-corrected chi connectivity index (χ2v) is 5.46. The number of alkyl halides is 3. The molecule has 0 aromatic rings. The minimum atomic E-state index is -4.82. The number of rotatable bonds is 4. The van der Waals surface area contributed by atoms with Crippen LogP contribution in [0.5, 0.6) is 0 Å². The Morgan fingerprint density at radius 3 is 2.30 bits per heavy atom. The molecule has 3 N–H and O–H groups in total. The second-order valence-electron chi connectivity index (χ2n) is 5.46. The first-order valence-corrected chi connectivity index (χ1v) is 6.57. The monoisotopic (exact) mass is 297 g/mol. The number of amides is 1. The first-order valence-electron chi connectivity index (χ1n) is 6.57. The smallest absolute Gasteiger partial charge is 0.395 e. The highest BCUT2D eigenvalue weighted by Gasteiger charge is 2.56. The highest BCUT2D eigenvalue weighted by atomic mass is 19.4. The minimum absolute atomic E-state index is 0.129. The molecule has 0 spiro atoms.